The number of aryl methyl sites for hydroxylation is 1. The summed E-state index contributed by atoms with van der Waals surface area (Å²) in [5.74, 6) is 0.227. The number of aromatic hydroxyl groups is 1. The maximum Gasteiger partial charge on any atom is 0.137 e. The van der Waals surface area contributed by atoms with Crippen molar-refractivity contribution in [2.45, 2.75) is 20.3 Å². The highest BCUT2D eigenvalue weighted by molar-refractivity contribution is 6.32. The van der Waals surface area contributed by atoms with E-state index in [1.54, 1.807) is 6.07 Å². The molecule has 0 aliphatic carbocycles. The maximum absolute atomic E-state index is 9.77. The average molecular weight is 214 g/mol. The molecule has 0 bridgehead atoms. The van der Waals surface area contributed by atoms with E-state index in [1.165, 1.54) is 0 Å². The van der Waals surface area contributed by atoms with Crippen LogP contribution in [0.1, 0.15) is 16.7 Å². The standard InChI is InChI=1S/C11H16ClNO/c1-7-6-10(12)11(14)9(8(7)2)4-5-13-3/h6,13-14H,4-5H2,1-3H3. The summed E-state index contributed by atoms with van der Waals surface area (Å²) in [5.41, 5.74) is 3.20. The Morgan fingerprint density at radius 2 is 2.07 bits per heavy atom. The molecule has 0 saturated carbocycles. The number of likely N-dealkylation sites (N-methyl/N-ethyl adjacent to an activating group) is 1. The number of phenolic OH excluding ortho intramolecular Hbond substituents is 1. The quantitative estimate of drug-likeness (QED) is 0.809. The molecule has 1 rings (SSSR count). The summed E-state index contributed by atoms with van der Waals surface area (Å²) < 4.78 is 0. The van der Waals surface area contributed by atoms with Crippen molar-refractivity contribution in [1.82, 2.24) is 5.32 Å². The van der Waals surface area contributed by atoms with Crippen molar-refractivity contribution in [2.24, 2.45) is 0 Å². The second-order valence-electron chi connectivity index (χ2n) is 3.48. The minimum absolute atomic E-state index is 0.227. The summed E-state index contributed by atoms with van der Waals surface area (Å²) in [5, 5.41) is 13.3. The van der Waals surface area contributed by atoms with Crippen molar-refractivity contribution in [3.63, 3.8) is 0 Å². The van der Waals surface area contributed by atoms with E-state index in [0.29, 0.717) is 5.02 Å². The molecule has 2 nitrogen and oxygen atoms in total. The van der Waals surface area contributed by atoms with E-state index in [-0.39, 0.29) is 5.75 Å². The Morgan fingerprint density at radius 1 is 1.43 bits per heavy atom. The summed E-state index contributed by atoms with van der Waals surface area (Å²) >= 11 is 5.90. The molecule has 1 aromatic rings. The number of nitrogens with one attached hydrogen (secondary N) is 1. The number of phenols is 1. The first kappa shape index (κ1) is 11.3. The molecule has 0 aromatic heterocycles. The van der Waals surface area contributed by atoms with Gasteiger partial charge in [0, 0.05) is 0 Å². The molecular weight excluding hydrogens is 198 g/mol. The zero-order valence-electron chi connectivity index (χ0n) is 8.82. The molecule has 0 aliphatic heterocycles. The van der Waals surface area contributed by atoms with Crippen molar-refractivity contribution >= 4 is 11.6 Å². The molecule has 2 N–H and O–H groups in total. The summed E-state index contributed by atoms with van der Waals surface area (Å²) in [6, 6.07) is 1.80. The topological polar surface area (TPSA) is 32.3 Å². The van der Waals surface area contributed by atoms with Crippen LogP contribution in [-0.2, 0) is 6.42 Å². The van der Waals surface area contributed by atoms with Gasteiger partial charge < -0.3 is 10.4 Å². The van der Waals surface area contributed by atoms with Crippen molar-refractivity contribution < 1.29 is 5.11 Å². The number of rotatable bonds is 3. The van der Waals surface area contributed by atoms with E-state index in [0.717, 1.165) is 29.7 Å². The predicted molar refractivity (Wildman–Crippen MR) is 60.2 cm³/mol. The molecule has 0 heterocycles. The second kappa shape index (κ2) is 4.67. The van der Waals surface area contributed by atoms with Crippen LogP contribution in [0.15, 0.2) is 6.07 Å². The van der Waals surface area contributed by atoms with Gasteiger partial charge in [-0.15, -0.1) is 0 Å². The van der Waals surface area contributed by atoms with Gasteiger partial charge >= 0.3 is 0 Å². The number of halogens is 1. The normalized spacial score (nSPS) is 10.6. The maximum atomic E-state index is 9.77. The number of hydrogen-bond donors (Lipinski definition) is 2. The van der Waals surface area contributed by atoms with Crippen molar-refractivity contribution in [1.29, 1.82) is 0 Å². The zero-order chi connectivity index (χ0) is 10.7. The van der Waals surface area contributed by atoms with Crippen LogP contribution in [0.3, 0.4) is 0 Å². The molecule has 1 aromatic carbocycles. The summed E-state index contributed by atoms with van der Waals surface area (Å²) in [4.78, 5) is 0. The summed E-state index contributed by atoms with van der Waals surface area (Å²) in [6.45, 7) is 4.86. The van der Waals surface area contributed by atoms with Gasteiger partial charge in [0.1, 0.15) is 5.75 Å². The average Bonchev–Trinajstić information content (AvgIpc) is 2.15. The van der Waals surface area contributed by atoms with Crippen molar-refractivity contribution in [3.05, 3.63) is 27.8 Å². The molecule has 0 amide bonds. The Kier molecular flexibility index (Phi) is 3.78. The molecule has 0 atom stereocenters. The Bertz CT molecular complexity index is 310. The predicted octanol–water partition coefficient (Wildman–Crippen LogP) is 2.42. The highest BCUT2D eigenvalue weighted by Gasteiger charge is 2.10. The van der Waals surface area contributed by atoms with Gasteiger partial charge in [-0.2, -0.15) is 0 Å². The third kappa shape index (κ3) is 2.20. The van der Waals surface area contributed by atoms with Crippen LogP contribution in [0.4, 0.5) is 0 Å². The van der Waals surface area contributed by atoms with Gasteiger partial charge in [-0.3, -0.25) is 0 Å². The van der Waals surface area contributed by atoms with E-state index in [9.17, 15) is 5.11 Å². The van der Waals surface area contributed by atoms with Crippen molar-refractivity contribution in [3.8, 4) is 5.75 Å². The smallest absolute Gasteiger partial charge is 0.137 e. The van der Waals surface area contributed by atoms with Gasteiger partial charge in [0.25, 0.3) is 0 Å². The summed E-state index contributed by atoms with van der Waals surface area (Å²) in [6.07, 6.45) is 0.801. The Labute approximate surface area is 89.9 Å². The van der Waals surface area contributed by atoms with E-state index in [2.05, 4.69) is 5.32 Å². The van der Waals surface area contributed by atoms with E-state index < -0.39 is 0 Å². The van der Waals surface area contributed by atoms with Gasteiger partial charge in [0.15, 0.2) is 0 Å². The Balaban J connectivity index is 3.11. The molecule has 0 unspecified atom stereocenters. The number of hydrogen-bond acceptors (Lipinski definition) is 2. The first-order valence-corrected chi connectivity index (χ1v) is 5.08. The third-order valence-corrected chi connectivity index (χ3v) is 2.81. The van der Waals surface area contributed by atoms with Crippen LogP contribution in [0.25, 0.3) is 0 Å². The molecule has 0 aliphatic rings. The van der Waals surface area contributed by atoms with Gasteiger partial charge in [-0.05, 0) is 56.6 Å². The van der Waals surface area contributed by atoms with Crippen molar-refractivity contribution in [2.75, 3.05) is 13.6 Å². The highest BCUT2D eigenvalue weighted by Crippen LogP contribution is 2.32. The minimum Gasteiger partial charge on any atom is -0.506 e. The lowest BCUT2D eigenvalue weighted by Crippen LogP contribution is -2.11. The molecule has 0 spiro atoms. The fraction of sp³-hybridized carbons (Fsp3) is 0.455. The molecule has 3 heteroatoms. The Hall–Kier alpha value is -0.730. The van der Waals surface area contributed by atoms with Gasteiger partial charge in [0.2, 0.25) is 0 Å². The number of benzene rings is 1. The molecule has 0 saturated heterocycles. The van der Waals surface area contributed by atoms with Gasteiger partial charge in [-0.1, -0.05) is 11.6 Å². The fourth-order valence-corrected chi connectivity index (χ4v) is 1.76. The van der Waals surface area contributed by atoms with E-state index in [4.69, 9.17) is 11.6 Å². The third-order valence-electron chi connectivity index (χ3n) is 2.52. The largest absolute Gasteiger partial charge is 0.506 e. The molecule has 0 radical (unpaired) electrons. The molecule has 78 valence electrons. The summed E-state index contributed by atoms with van der Waals surface area (Å²) in [7, 11) is 1.89. The van der Waals surface area contributed by atoms with Gasteiger partial charge in [0.05, 0.1) is 5.02 Å². The second-order valence-corrected chi connectivity index (χ2v) is 3.89. The lowest BCUT2D eigenvalue weighted by molar-refractivity contribution is 0.467. The molecule has 0 fully saturated rings. The zero-order valence-corrected chi connectivity index (χ0v) is 9.57. The van der Waals surface area contributed by atoms with E-state index in [1.807, 2.05) is 20.9 Å². The minimum atomic E-state index is 0.227. The van der Waals surface area contributed by atoms with Crippen LogP contribution >= 0.6 is 11.6 Å². The first-order valence-electron chi connectivity index (χ1n) is 4.70. The Morgan fingerprint density at radius 3 is 2.64 bits per heavy atom. The monoisotopic (exact) mass is 213 g/mol. The lowest BCUT2D eigenvalue weighted by atomic mass is 10.00. The van der Waals surface area contributed by atoms with Gasteiger partial charge in [-0.25, -0.2) is 0 Å². The van der Waals surface area contributed by atoms with Crippen LogP contribution in [0.2, 0.25) is 5.02 Å². The molecule has 14 heavy (non-hydrogen) atoms. The van der Waals surface area contributed by atoms with Crippen LogP contribution in [0, 0.1) is 13.8 Å². The van der Waals surface area contributed by atoms with E-state index >= 15 is 0 Å². The lowest BCUT2D eigenvalue weighted by Gasteiger charge is -2.12. The van der Waals surface area contributed by atoms with Crippen LogP contribution in [-0.4, -0.2) is 18.7 Å². The first-order chi connectivity index (χ1) is 6.57. The fourth-order valence-electron chi connectivity index (χ4n) is 1.48. The SMILES string of the molecule is CNCCc1c(C)c(C)cc(Cl)c1O. The molecular formula is C11H16ClNO. The van der Waals surface area contributed by atoms with Crippen LogP contribution in [0.5, 0.6) is 5.75 Å². The highest BCUT2D eigenvalue weighted by atomic mass is 35.5. The van der Waals surface area contributed by atoms with Crippen LogP contribution < -0.4 is 5.32 Å².